The molecule has 138 valence electrons. The Morgan fingerprint density at radius 1 is 0.962 bits per heavy atom. The minimum Gasteiger partial charge on any atom is -0.399 e. The van der Waals surface area contributed by atoms with Crippen LogP contribution in [-0.2, 0) is 20.0 Å². The van der Waals surface area contributed by atoms with Crippen molar-refractivity contribution in [3.8, 4) is 0 Å². The number of fused-ring (bicyclic) bond motifs is 1. The van der Waals surface area contributed by atoms with Crippen LogP contribution < -0.4 is 5.73 Å². The first kappa shape index (κ1) is 18.4. The molecule has 0 saturated heterocycles. The van der Waals surface area contributed by atoms with E-state index in [-0.39, 0.29) is 20.9 Å². The zero-order valence-corrected chi connectivity index (χ0v) is 16.0. The van der Waals surface area contributed by atoms with Gasteiger partial charge in [0.2, 0.25) is 9.84 Å². The Hall–Kier alpha value is -2.36. The molecule has 0 fully saturated rings. The predicted octanol–water partition coefficient (Wildman–Crippen LogP) is 2.75. The van der Waals surface area contributed by atoms with Crippen molar-refractivity contribution in [3.05, 3.63) is 47.2 Å². The van der Waals surface area contributed by atoms with Crippen molar-refractivity contribution in [2.24, 2.45) is 0 Å². The second kappa shape index (κ2) is 5.83. The number of aromatic nitrogens is 1. The lowest BCUT2D eigenvalue weighted by Gasteiger charge is -2.12. The van der Waals surface area contributed by atoms with Crippen LogP contribution in [0.2, 0.25) is 0 Å². The van der Waals surface area contributed by atoms with E-state index in [4.69, 9.17) is 5.73 Å². The summed E-state index contributed by atoms with van der Waals surface area (Å²) in [6.07, 6.45) is 0. The summed E-state index contributed by atoms with van der Waals surface area (Å²) >= 11 is 0. The number of anilines is 1. The Labute approximate surface area is 151 Å². The minimum absolute atomic E-state index is 0.0387. The number of hydrogen-bond donors (Lipinski definition) is 3. The molecule has 0 amide bonds. The van der Waals surface area contributed by atoms with Crippen molar-refractivity contribution >= 4 is 36.5 Å². The highest BCUT2D eigenvalue weighted by Crippen LogP contribution is 2.36. The van der Waals surface area contributed by atoms with Gasteiger partial charge in [-0.1, -0.05) is 6.07 Å². The van der Waals surface area contributed by atoms with Gasteiger partial charge in [-0.05, 0) is 56.2 Å². The molecule has 1 heterocycles. The van der Waals surface area contributed by atoms with Gasteiger partial charge in [-0.15, -0.1) is 0 Å². The number of rotatable bonds is 3. The molecule has 0 aliphatic carbocycles. The van der Waals surface area contributed by atoms with Crippen LogP contribution in [0.1, 0.15) is 16.8 Å². The molecule has 0 saturated carbocycles. The number of nitrogens with two attached hydrogens (primary N) is 1. The molecule has 4 N–H and O–H groups in total. The van der Waals surface area contributed by atoms with E-state index in [0.717, 1.165) is 0 Å². The summed E-state index contributed by atoms with van der Waals surface area (Å²) in [7, 11) is -8.68. The van der Waals surface area contributed by atoms with Crippen LogP contribution in [0, 0.1) is 20.8 Å². The fourth-order valence-electron chi connectivity index (χ4n) is 3.08. The van der Waals surface area contributed by atoms with Crippen molar-refractivity contribution in [2.75, 3.05) is 5.73 Å². The van der Waals surface area contributed by atoms with Crippen LogP contribution in [-0.4, -0.2) is 26.4 Å². The maximum Gasteiger partial charge on any atom is 0.296 e. The summed E-state index contributed by atoms with van der Waals surface area (Å²) in [5.41, 5.74) is 7.82. The molecule has 2 aromatic carbocycles. The first-order valence-electron chi connectivity index (χ1n) is 7.65. The third-order valence-electron chi connectivity index (χ3n) is 4.32. The third-order valence-corrected chi connectivity index (χ3v) is 7.28. The molecular weight excluding hydrogens is 376 g/mol. The SMILES string of the molecule is Cc1cc(S(=O)(=O)c2cccc3[nH]c(C)c(S(=O)(=O)O)c23)c(C)cc1N. The summed E-state index contributed by atoms with van der Waals surface area (Å²) in [4.78, 5) is 2.22. The lowest BCUT2D eigenvalue weighted by molar-refractivity contribution is 0.483. The molecule has 3 aromatic rings. The molecule has 3 rings (SSSR count). The second-order valence-electron chi connectivity index (χ2n) is 6.21. The van der Waals surface area contributed by atoms with Crippen LogP contribution >= 0.6 is 0 Å². The Kier molecular flexibility index (Phi) is 4.13. The third kappa shape index (κ3) is 2.77. The van der Waals surface area contributed by atoms with Gasteiger partial charge in [-0.2, -0.15) is 8.42 Å². The second-order valence-corrected chi connectivity index (χ2v) is 9.46. The zero-order valence-electron chi connectivity index (χ0n) is 14.4. The van der Waals surface area contributed by atoms with Crippen LogP contribution in [0.15, 0.2) is 45.0 Å². The molecule has 0 aliphatic heterocycles. The molecule has 0 spiro atoms. The van der Waals surface area contributed by atoms with Crippen LogP contribution in [0.4, 0.5) is 5.69 Å². The molecule has 26 heavy (non-hydrogen) atoms. The predicted molar refractivity (Wildman–Crippen MR) is 98.6 cm³/mol. The van der Waals surface area contributed by atoms with Gasteiger partial charge in [0.15, 0.2) is 0 Å². The lowest BCUT2D eigenvalue weighted by Crippen LogP contribution is -2.08. The summed E-state index contributed by atoms with van der Waals surface area (Å²) in [5, 5.41) is -0.0543. The topological polar surface area (TPSA) is 130 Å². The van der Waals surface area contributed by atoms with Gasteiger partial charge in [0.05, 0.1) is 9.79 Å². The fourth-order valence-corrected chi connectivity index (χ4v) is 5.85. The number of H-pyrrole nitrogens is 1. The van der Waals surface area contributed by atoms with Crippen molar-refractivity contribution in [1.29, 1.82) is 0 Å². The Balaban J connectivity index is 2.45. The average Bonchev–Trinajstić information content (AvgIpc) is 2.86. The number of aromatic amines is 1. The van der Waals surface area contributed by atoms with Crippen molar-refractivity contribution in [3.63, 3.8) is 0 Å². The quantitative estimate of drug-likeness (QED) is 0.462. The smallest absolute Gasteiger partial charge is 0.296 e. The van der Waals surface area contributed by atoms with E-state index in [1.807, 2.05) is 0 Å². The highest BCUT2D eigenvalue weighted by molar-refractivity contribution is 7.92. The normalized spacial score (nSPS) is 12.6. The summed E-state index contributed by atoms with van der Waals surface area (Å²) < 4.78 is 59.8. The van der Waals surface area contributed by atoms with Crippen molar-refractivity contribution in [1.82, 2.24) is 4.98 Å². The molecule has 0 aliphatic rings. The van der Waals surface area contributed by atoms with E-state index >= 15 is 0 Å². The summed E-state index contributed by atoms with van der Waals surface area (Å²) in [6.45, 7) is 4.77. The largest absolute Gasteiger partial charge is 0.399 e. The maximum absolute atomic E-state index is 13.3. The first-order chi connectivity index (χ1) is 11.9. The first-order valence-corrected chi connectivity index (χ1v) is 10.6. The molecule has 0 radical (unpaired) electrons. The molecule has 0 atom stereocenters. The molecule has 0 bridgehead atoms. The molecule has 0 unspecified atom stereocenters. The van der Waals surface area contributed by atoms with Crippen molar-refractivity contribution in [2.45, 2.75) is 35.5 Å². The number of nitrogen functional groups attached to an aromatic ring is 1. The van der Waals surface area contributed by atoms with Gasteiger partial charge in [0, 0.05) is 22.3 Å². The highest BCUT2D eigenvalue weighted by atomic mass is 32.2. The number of aryl methyl sites for hydroxylation is 3. The van der Waals surface area contributed by atoms with Gasteiger partial charge in [0.1, 0.15) is 4.90 Å². The highest BCUT2D eigenvalue weighted by Gasteiger charge is 2.29. The lowest BCUT2D eigenvalue weighted by atomic mass is 10.1. The van der Waals surface area contributed by atoms with Gasteiger partial charge in [-0.25, -0.2) is 8.42 Å². The fraction of sp³-hybridized carbons (Fsp3) is 0.176. The molecule has 7 nitrogen and oxygen atoms in total. The van der Waals surface area contributed by atoms with Gasteiger partial charge in [-0.3, -0.25) is 4.55 Å². The Morgan fingerprint density at radius 2 is 1.62 bits per heavy atom. The van der Waals surface area contributed by atoms with E-state index in [1.54, 1.807) is 26.0 Å². The van der Waals surface area contributed by atoms with Crippen LogP contribution in [0.5, 0.6) is 0 Å². The molecule has 1 aromatic heterocycles. The van der Waals surface area contributed by atoms with Crippen LogP contribution in [0.3, 0.4) is 0 Å². The van der Waals surface area contributed by atoms with E-state index in [1.165, 1.54) is 25.1 Å². The minimum atomic E-state index is -4.62. The summed E-state index contributed by atoms with van der Waals surface area (Å²) in [5.74, 6) is 0. The van der Waals surface area contributed by atoms with E-state index in [2.05, 4.69) is 4.98 Å². The number of benzene rings is 2. The average molecular weight is 394 g/mol. The zero-order chi connectivity index (χ0) is 19.4. The Bertz CT molecular complexity index is 1260. The monoisotopic (exact) mass is 394 g/mol. The standard InChI is InChI=1S/C17H18N2O5S2/c1-9-8-15(10(2)7-12(9)18)25(20,21)14-6-4-5-13-16(14)17(11(3)19-13)26(22,23)24/h4-8,19H,18H2,1-3H3,(H,22,23,24). The van der Waals surface area contributed by atoms with Gasteiger partial charge < -0.3 is 10.7 Å². The number of nitrogens with one attached hydrogen (secondary N) is 1. The van der Waals surface area contributed by atoms with E-state index < -0.39 is 24.9 Å². The molecule has 9 heteroatoms. The van der Waals surface area contributed by atoms with Gasteiger partial charge in [0.25, 0.3) is 10.1 Å². The Morgan fingerprint density at radius 3 is 2.23 bits per heavy atom. The van der Waals surface area contributed by atoms with Crippen LogP contribution in [0.25, 0.3) is 10.9 Å². The van der Waals surface area contributed by atoms with E-state index in [0.29, 0.717) is 22.3 Å². The van der Waals surface area contributed by atoms with Crippen molar-refractivity contribution < 1.29 is 21.4 Å². The number of sulfone groups is 1. The summed E-state index contributed by atoms with van der Waals surface area (Å²) in [6, 6.07) is 7.42. The number of hydrogen-bond acceptors (Lipinski definition) is 5. The maximum atomic E-state index is 13.3. The van der Waals surface area contributed by atoms with Gasteiger partial charge >= 0.3 is 0 Å². The molecular formula is C17H18N2O5S2. The van der Waals surface area contributed by atoms with E-state index in [9.17, 15) is 21.4 Å².